The van der Waals surface area contributed by atoms with Gasteiger partial charge in [0.1, 0.15) is 0 Å². The van der Waals surface area contributed by atoms with E-state index in [0.717, 1.165) is 0 Å². The second kappa shape index (κ2) is 15.6. The van der Waals surface area contributed by atoms with Crippen molar-refractivity contribution < 1.29 is 78.9 Å². The van der Waals surface area contributed by atoms with Crippen molar-refractivity contribution in [1.82, 2.24) is 0 Å². The fraction of sp³-hybridized carbons (Fsp3) is 0.0625. The Balaban J connectivity index is 0.000000204. The van der Waals surface area contributed by atoms with Crippen LogP contribution in [0.3, 0.4) is 0 Å². The molecule has 5 aromatic rings. The van der Waals surface area contributed by atoms with Gasteiger partial charge in [-0.15, -0.1) is 0 Å². The van der Waals surface area contributed by atoms with E-state index in [9.17, 15) is 19.8 Å². The quantitative estimate of drug-likeness (QED) is 0.168. The van der Waals surface area contributed by atoms with Crippen LogP contribution in [0.4, 0.5) is 0 Å². The average molecular weight is 519 g/mol. The van der Waals surface area contributed by atoms with Gasteiger partial charge in [-0.25, -0.2) is 0 Å². The molecule has 0 aromatic heterocycles. The van der Waals surface area contributed by atoms with E-state index < -0.39 is 11.9 Å². The predicted molar refractivity (Wildman–Crippen MR) is 142 cm³/mol. The van der Waals surface area contributed by atoms with Crippen LogP contribution in [0.15, 0.2) is 115 Å². The molecule has 0 saturated carbocycles. The summed E-state index contributed by atoms with van der Waals surface area (Å²) in [6.45, 7) is 0. The molecule has 0 spiro atoms. The summed E-state index contributed by atoms with van der Waals surface area (Å²) in [5.41, 5.74) is 2.89. The van der Waals surface area contributed by atoms with E-state index in [1.807, 2.05) is 0 Å². The van der Waals surface area contributed by atoms with Gasteiger partial charge in [0.2, 0.25) is 0 Å². The average Bonchev–Trinajstić information content (AvgIpc) is 2.90. The molecule has 1 aliphatic rings. The summed E-state index contributed by atoms with van der Waals surface area (Å²) in [7, 11) is 0. The molecule has 0 aliphatic heterocycles. The van der Waals surface area contributed by atoms with Gasteiger partial charge in [0.05, 0.1) is 11.9 Å². The summed E-state index contributed by atoms with van der Waals surface area (Å²) < 4.78 is 0. The van der Waals surface area contributed by atoms with Crippen LogP contribution in [0.25, 0.3) is 38.4 Å². The first-order valence-corrected chi connectivity index (χ1v) is 11.7. The molecule has 0 saturated heterocycles. The molecule has 0 bridgehead atoms. The minimum Gasteiger partial charge on any atom is -0.545 e. The van der Waals surface area contributed by atoms with Gasteiger partial charge < -0.3 is 19.8 Å². The maximum absolute atomic E-state index is 9.41. The Labute approximate surface area is 266 Å². The number of aryl methyl sites for hydroxylation is 1. The van der Waals surface area contributed by atoms with Crippen molar-refractivity contribution in [3.8, 4) is 0 Å². The van der Waals surface area contributed by atoms with Crippen LogP contribution >= 0.6 is 0 Å². The SMILES string of the molecule is C1=Cc2cc3ccccc3cc2CC1.O=C([O-])C=CC(=O)[O-].[Na+].[Na+].c1ccc2cc3ccccc3cc2c1. The zero-order chi connectivity index (χ0) is 25.3. The Hall–Kier alpha value is -2.70. The van der Waals surface area contributed by atoms with E-state index in [0.29, 0.717) is 12.2 Å². The van der Waals surface area contributed by atoms with E-state index in [-0.39, 0.29) is 59.1 Å². The fourth-order valence-corrected chi connectivity index (χ4v) is 4.14. The molecule has 38 heavy (non-hydrogen) atoms. The van der Waals surface area contributed by atoms with Gasteiger partial charge >= 0.3 is 59.1 Å². The minimum absolute atomic E-state index is 0. The third-order valence-corrected chi connectivity index (χ3v) is 5.85. The topological polar surface area (TPSA) is 80.3 Å². The van der Waals surface area contributed by atoms with Crippen molar-refractivity contribution in [1.29, 1.82) is 0 Å². The molecule has 0 heterocycles. The second-order valence-electron chi connectivity index (χ2n) is 8.36. The molecular formula is C32H24Na2O4. The van der Waals surface area contributed by atoms with Crippen LogP contribution in [0, 0.1) is 0 Å². The molecule has 0 N–H and O–H groups in total. The number of benzene rings is 5. The first-order valence-electron chi connectivity index (χ1n) is 11.7. The van der Waals surface area contributed by atoms with Gasteiger partial charge in [-0.2, -0.15) is 0 Å². The van der Waals surface area contributed by atoms with Crippen LogP contribution in [-0.2, 0) is 16.0 Å². The van der Waals surface area contributed by atoms with Crippen LogP contribution in [0.5, 0.6) is 0 Å². The summed E-state index contributed by atoms with van der Waals surface area (Å²) >= 11 is 0. The van der Waals surface area contributed by atoms with Crippen molar-refractivity contribution in [2.24, 2.45) is 0 Å². The number of allylic oxidation sites excluding steroid dienone is 1. The smallest absolute Gasteiger partial charge is 0.545 e. The summed E-state index contributed by atoms with van der Waals surface area (Å²) in [6.07, 6.45) is 7.65. The van der Waals surface area contributed by atoms with Crippen molar-refractivity contribution in [2.75, 3.05) is 0 Å². The maximum atomic E-state index is 9.41. The number of fused-ring (bicyclic) bond motifs is 4. The predicted octanol–water partition coefficient (Wildman–Crippen LogP) is -1.16. The standard InChI is InChI=1S/C14H12.C14H10.C4H4O4.2Na/c2*1-2-6-12-10-14-8-4-3-7-13(14)9-11(12)5-1;5-3(6)1-2-4(7)8;;/h1-3,5-7,9-10H,4,8H2;1-10H;1-2H,(H,5,6)(H,7,8);;/q;;;2*+1/p-2. The third-order valence-electron chi connectivity index (χ3n) is 5.85. The van der Waals surface area contributed by atoms with E-state index in [1.165, 1.54) is 56.3 Å². The first-order chi connectivity index (χ1) is 17.5. The number of carboxylic acid groups (broad SMARTS) is 2. The van der Waals surface area contributed by atoms with Gasteiger partial charge in [-0.05, 0) is 86.6 Å². The van der Waals surface area contributed by atoms with Gasteiger partial charge in [-0.1, -0.05) is 91.0 Å². The zero-order valence-electron chi connectivity index (χ0n) is 21.6. The molecule has 0 radical (unpaired) electrons. The molecule has 6 heteroatoms. The molecule has 4 nitrogen and oxygen atoms in total. The monoisotopic (exact) mass is 518 g/mol. The normalized spacial score (nSPS) is 11.3. The number of carbonyl (C=O) groups excluding carboxylic acids is 2. The minimum atomic E-state index is -1.55. The fourth-order valence-electron chi connectivity index (χ4n) is 4.14. The number of hydrogen-bond acceptors (Lipinski definition) is 4. The Kier molecular flexibility index (Phi) is 13.0. The molecule has 5 aromatic carbocycles. The Morgan fingerprint density at radius 3 is 1.34 bits per heavy atom. The van der Waals surface area contributed by atoms with E-state index in [4.69, 9.17) is 0 Å². The summed E-state index contributed by atoms with van der Waals surface area (Å²) in [5, 5.41) is 26.8. The van der Waals surface area contributed by atoms with Crippen molar-refractivity contribution >= 4 is 50.3 Å². The molecule has 0 unspecified atom stereocenters. The molecule has 0 amide bonds. The molecule has 6 rings (SSSR count). The summed E-state index contributed by atoms with van der Waals surface area (Å²) in [6, 6.07) is 34.6. The third kappa shape index (κ3) is 8.95. The van der Waals surface area contributed by atoms with Crippen LogP contribution in [-0.4, -0.2) is 11.9 Å². The molecule has 178 valence electrons. The van der Waals surface area contributed by atoms with Crippen molar-refractivity contribution in [3.05, 3.63) is 126 Å². The molecule has 1 aliphatic carbocycles. The summed E-state index contributed by atoms with van der Waals surface area (Å²) in [5.74, 6) is -3.09. The van der Waals surface area contributed by atoms with Crippen molar-refractivity contribution in [2.45, 2.75) is 12.8 Å². The van der Waals surface area contributed by atoms with Gasteiger partial charge in [0.15, 0.2) is 0 Å². The second-order valence-corrected chi connectivity index (χ2v) is 8.36. The Morgan fingerprint density at radius 2 is 0.947 bits per heavy atom. The van der Waals surface area contributed by atoms with Gasteiger partial charge in [0, 0.05) is 0 Å². The molecular weight excluding hydrogens is 494 g/mol. The van der Waals surface area contributed by atoms with Crippen molar-refractivity contribution in [3.63, 3.8) is 0 Å². The van der Waals surface area contributed by atoms with E-state index >= 15 is 0 Å². The number of carboxylic acids is 2. The molecule has 0 atom stereocenters. The van der Waals surface area contributed by atoms with Crippen LogP contribution in [0.2, 0.25) is 0 Å². The Morgan fingerprint density at radius 1 is 0.579 bits per heavy atom. The number of hydrogen-bond donors (Lipinski definition) is 0. The van der Waals surface area contributed by atoms with Crippen LogP contribution in [0.1, 0.15) is 17.5 Å². The maximum Gasteiger partial charge on any atom is 1.00 e. The van der Waals surface area contributed by atoms with E-state index in [2.05, 4.69) is 109 Å². The molecule has 0 fully saturated rings. The van der Waals surface area contributed by atoms with Gasteiger partial charge in [-0.3, -0.25) is 0 Å². The zero-order valence-corrected chi connectivity index (χ0v) is 25.6. The number of rotatable bonds is 2. The van der Waals surface area contributed by atoms with E-state index in [1.54, 1.807) is 0 Å². The largest absolute Gasteiger partial charge is 1.00 e. The summed E-state index contributed by atoms with van der Waals surface area (Å²) in [4.78, 5) is 18.8. The van der Waals surface area contributed by atoms with Gasteiger partial charge in [0.25, 0.3) is 0 Å². The van der Waals surface area contributed by atoms with Crippen LogP contribution < -0.4 is 69.3 Å². The number of carbonyl (C=O) groups is 2. The number of aliphatic carboxylic acids is 2. The Bertz CT molecular complexity index is 1480. The first kappa shape index (κ1) is 31.5.